The van der Waals surface area contributed by atoms with E-state index in [9.17, 15) is 8.78 Å². The number of rotatable bonds is 1. The maximum Gasteiger partial charge on any atom is 0.131 e. The summed E-state index contributed by atoms with van der Waals surface area (Å²) < 4.78 is 32.3. The van der Waals surface area contributed by atoms with E-state index in [0.717, 1.165) is 19.1 Å². The van der Waals surface area contributed by atoms with Gasteiger partial charge in [-0.2, -0.15) is 0 Å². The van der Waals surface area contributed by atoms with Crippen LogP contribution < -0.4 is 0 Å². The first-order valence-electron chi connectivity index (χ1n) is 3.59. The third-order valence-corrected chi connectivity index (χ3v) is 1.32. The quantitative estimate of drug-likeness (QED) is 0.664. The summed E-state index contributed by atoms with van der Waals surface area (Å²) in [5.74, 6) is -1.63. The van der Waals surface area contributed by atoms with Crippen molar-refractivity contribution in [3.63, 3.8) is 0 Å². The molecule has 60 valence electrons. The number of aliphatic hydroxyl groups is 1. The van der Waals surface area contributed by atoms with Gasteiger partial charge in [0.2, 0.25) is 0 Å². The Hall–Kier alpha value is -0.960. The summed E-state index contributed by atoms with van der Waals surface area (Å²) in [4.78, 5) is 0. The van der Waals surface area contributed by atoms with Crippen molar-refractivity contribution in [1.82, 2.24) is 0 Å². The van der Waals surface area contributed by atoms with Gasteiger partial charge in [0.1, 0.15) is 11.6 Å². The predicted octanol–water partition coefficient (Wildman–Crippen LogP) is 2.02. The van der Waals surface area contributed by atoms with Gasteiger partial charge in [0.05, 0.1) is 7.45 Å². The van der Waals surface area contributed by atoms with Gasteiger partial charge in [-0.25, -0.2) is 8.78 Å². The Labute approximate surface area is 64.7 Å². The highest BCUT2D eigenvalue weighted by molar-refractivity contribution is 5.20. The summed E-state index contributed by atoms with van der Waals surface area (Å²) in [5, 5.41) is 9.06. The number of hydrogen-bond acceptors (Lipinski definition) is 1. The Morgan fingerprint density at radius 3 is 2.64 bits per heavy atom. The summed E-state index contributed by atoms with van der Waals surface area (Å²) >= 11 is 0. The molecule has 0 saturated heterocycles. The molecule has 0 heterocycles. The lowest BCUT2D eigenvalue weighted by molar-refractivity contribution is 0.194. The van der Waals surface area contributed by atoms with Crippen LogP contribution in [0.1, 0.15) is 19.9 Å². The number of benzene rings is 1. The fourth-order valence-electron chi connectivity index (χ4n) is 0.783. The molecule has 1 atom stereocenters. The second-order valence-corrected chi connectivity index (χ2v) is 2.21. The third-order valence-electron chi connectivity index (χ3n) is 1.32. The van der Waals surface area contributed by atoms with E-state index in [1.54, 1.807) is 0 Å². The van der Waals surface area contributed by atoms with Gasteiger partial charge in [-0.05, 0) is 13.0 Å². The lowest BCUT2D eigenvalue weighted by Gasteiger charge is -2.04. The zero-order valence-corrected chi connectivity index (χ0v) is 5.94. The van der Waals surface area contributed by atoms with Crippen LogP contribution in [0, 0.1) is 11.6 Å². The minimum Gasteiger partial charge on any atom is -0.389 e. The van der Waals surface area contributed by atoms with Crippen LogP contribution in [0.5, 0.6) is 0 Å². The van der Waals surface area contributed by atoms with Crippen LogP contribution >= 0.6 is 0 Å². The summed E-state index contributed by atoms with van der Waals surface area (Å²) in [5.41, 5.74) is -0.232. The molecule has 11 heavy (non-hydrogen) atoms. The van der Waals surface area contributed by atoms with Crippen molar-refractivity contribution in [2.75, 3.05) is 0 Å². The van der Waals surface area contributed by atoms with Crippen molar-refractivity contribution in [3.8, 4) is 0 Å². The molecule has 0 bridgehead atoms. The summed E-state index contributed by atoms with van der Waals surface area (Å²) in [7, 11) is 0. The van der Waals surface area contributed by atoms with Crippen molar-refractivity contribution in [2.24, 2.45) is 0 Å². The molecule has 1 unspecified atom stereocenters. The van der Waals surface area contributed by atoms with E-state index in [-0.39, 0.29) is 5.56 Å². The average Bonchev–Trinajstić information content (AvgIpc) is 1.83. The van der Waals surface area contributed by atoms with Crippen molar-refractivity contribution < 1.29 is 15.3 Å². The lowest BCUT2D eigenvalue weighted by Crippen LogP contribution is -1.95. The van der Waals surface area contributed by atoms with Crippen molar-refractivity contribution >= 4 is 0 Å². The molecule has 1 N–H and O–H groups in total. The Balaban J connectivity index is 3.19. The second-order valence-electron chi connectivity index (χ2n) is 2.21. The Morgan fingerprint density at radius 1 is 1.55 bits per heavy atom. The molecule has 1 rings (SSSR count). The SMILES string of the molecule is [2H]C(C)(O)c1ccc(F)cc1F. The Morgan fingerprint density at radius 2 is 2.18 bits per heavy atom. The zero-order chi connectivity index (χ0) is 9.35. The van der Waals surface area contributed by atoms with E-state index in [1.807, 2.05) is 0 Å². The number of halogens is 2. The van der Waals surface area contributed by atoms with E-state index in [4.69, 9.17) is 6.48 Å². The Bertz CT molecular complexity index is 294. The Kier molecular flexibility index (Phi) is 1.81. The van der Waals surface area contributed by atoms with Gasteiger partial charge in [-0.15, -0.1) is 0 Å². The lowest BCUT2D eigenvalue weighted by atomic mass is 10.1. The molecule has 0 saturated carbocycles. The van der Waals surface area contributed by atoms with Crippen LogP contribution in [0.4, 0.5) is 8.78 Å². The van der Waals surface area contributed by atoms with E-state index >= 15 is 0 Å². The fraction of sp³-hybridized carbons (Fsp3) is 0.250. The van der Waals surface area contributed by atoms with Gasteiger partial charge in [-0.1, -0.05) is 6.07 Å². The van der Waals surface area contributed by atoms with Crippen LogP contribution in [0.2, 0.25) is 0 Å². The molecule has 0 fully saturated rings. The van der Waals surface area contributed by atoms with Crippen molar-refractivity contribution in [2.45, 2.75) is 13.0 Å². The van der Waals surface area contributed by atoms with E-state index in [0.29, 0.717) is 6.07 Å². The number of hydrogen-bond donors (Lipinski definition) is 1. The molecular formula is C8H8F2O. The molecule has 1 aromatic rings. The zero-order valence-electron chi connectivity index (χ0n) is 6.94. The molecule has 1 aromatic carbocycles. The molecule has 0 amide bonds. The highest BCUT2D eigenvalue weighted by Crippen LogP contribution is 2.16. The average molecular weight is 159 g/mol. The molecule has 0 aliphatic rings. The van der Waals surface area contributed by atoms with E-state index < -0.39 is 17.7 Å². The third kappa shape index (κ3) is 1.74. The van der Waals surface area contributed by atoms with E-state index in [1.165, 1.54) is 0 Å². The van der Waals surface area contributed by atoms with E-state index in [2.05, 4.69) is 0 Å². The van der Waals surface area contributed by atoms with Crippen molar-refractivity contribution in [3.05, 3.63) is 35.4 Å². The second kappa shape index (κ2) is 2.96. The molecule has 1 nitrogen and oxygen atoms in total. The van der Waals surface area contributed by atoms with Gasteiger partial charge in [0.25, 0.3) is 0 Å². The van der Waals surface area contributed by atoms with Crippen LogP contribution in [0.3, 0.4) is 0 Å². The van der Waals surface area contributed by atoms with Gasteiger partial charge >= 0.3 is 0 Å². The van der Waals surface area contributed by atoms with Gasteiger partial charge in [0.15, 0.2) is 0 Å². The molecule has 0 aliphatic carbocycles. The predicted molar refractivity (Wildman–Crippen MR) is 37.0 cm³/mol. The largest absolute Gasteiger partial charge is 0.389 e. The van der Waals surface area contributed by atoms with Crippen LogP contribution in [0.15, 0.2) is 18.2 Å². The minimum atomic E-state index is -2.02. The first kappa shape index (κ1) is 6.73. The molecule has 0 aromatic heterocycles. The van der Waals surface area contributed by atoms with Crippen molar-refractivity contribution in [1.29, 1.82) is 0 Å². The van der Waals surface area contributed by atoms with Crippen LogP contribution in [0.25, 0.3) is 0 Å². The molecular weight excluding hydrogens is 150 g/mol. The topological polar surface area (TPSA) is 20.2 Å². The van der Waals surface area contributed by atoms with Crippen LogP contribution in [-0.4, -0.2) is 5.11 Å². The minimum absolute atomic E-state index is 0.232. The maximum absolute atomic E-state index is 12.8. The summed E-state index contributed by atoms with van der Waals surface area (Å²) in [6.07, 6.45) is -2.02. The standard InChI is InChI=1S/C8H8F2O/c1-5(11)7-3-2-6(9)4-8(7)10/h2-5,11H,1H3/i5D. The van der Waals surface area contributed by atoms with Crippen LogP contribution in [-0.2, 0) is 0 Å². The highest BCUT2D eigenvalue weighted by atomic mass is 19.1. The van der Waals surface area contributed by atoms with Gasteiger partial charge in [0, 0.05) is 11.6 Å². The monoisotopic (exact) mass is 159 g/mol. The van der Waals surface area contributed by atoms with Gasteiger partial charge < -0.3 is 5.11 Å². The smallest absolute Gasteiger partial charge is 0.131 e. The first-order valence-corrected chi connectivity index (χ1v) is 3.09. The molecule has 0 aliphatic heterocycles. The highest BCUT2D eigenvalue weighted by Gasteiger charge is 2.07. The molecule has 0 radical (unpaired) electrons. The molecule has 0 spiro atoms. The maximum atomic E-state index is 12.8. The molecule has 3 heteroatoms. The van der Waals surface area contributed by atoms with Gasteiger partial charge in [-0.3, -0.25) is 0 Å². The summed E-state index contributed by atoms with van der Waals surface area (Å²) in [6.45, 7) is 1.11. The fourth-order valence-corrected chi connectivity index (χ4v) is 0.783. The summed E-state index contributed by atoms with van der Waals surface area (Å²) in [6, 6.07) is 2.69. The first-order chi connectivity index (χ1) is 5.41. The normalized spacial score (nSPS) is 17.3.